The molecule has 0 atom stereocenters. The maximum atomic E-state index is 12.5. The van der Waals surface area contributed by atoms with Crippen LogP contribution >= 0.6 is 34.8 Å². The zero-order chi connectivity index (χ0) is 15.8. The molecule has 0 unspecified atom stereocenters. The van der Waals surface area contributed by atoms with Crippen LogP contribution in [0.5, 0.6) is 5.75 Å². The van der Waals surface area contributed by atoms with Gasteiger partial charge >= 0.3 is 6.18 Å². The molecule has 0 spiro atoms. The summed E-state index contributed by atoms with van der Waals surface area (Å²) in [6.07, 6.45) is -3.88. The van der Waals surface area contributed by atoms with Crippen LogP contribution in [0, 0.1) is 0 Å². The van der Waals surface area contributed by atoms with Crippen LogP contribution in [0.4, 0.5) is 24.7 Å². The van der Waals surface area contributed by atoms with Crippen LogP contribution < -0.4 is 5.32 Å². The van der Waals surface area contributed by atoms with Gasteiger partial charge in [0.2, 0.25) is 0 Å². The average Bonchev–Trinajstić information content (AvgIpc) is 2.37. The first kappa shape index (κ1) is 16.0. The Balaban J connectivity index is 2.32. The Bertz CT molecular complexity index is 669. The molecule has 9 heteroatoms. The quantitative estimate of drug-likeness (QED) is 0.697. The lowest BCUT2D eigenvalue weighted by Crippen LogP contribution is -2.06. The first-order chi connectivity index (χ1) is 9.68. The normalized spacial score (nSPS) is 11.5. The van der Waals surface area contributed by atoms with Crippen molar-refractivity contribution >= 4 is 46.3 Å². The van der Waals surface area contributed by atoms with E-state index in [0.717, 1.165) is 6.07 Å². The van der Waals surface area contributed by atoms with Crippen LogP contribution in [0.3, 0.4) is 0 Å². The van der Waals surface area contributed by atoms with Gasteiger partial charge in [0.05, 0.1) is 20.6 Å². The van der Waals surface area contributed by atoms with Gasteiger partial charge in [0, 0.05) is 11.9 Å². The lowest BCUT2D eigenvalue weighted by molar-refractivity contribution is -0.137. The second kappa shape index (κ2) is 5.79. The summed E-state index contributed by atoms with van der Waals surface area (Å²) < 4.78 is 37.5. The Morgan fingerprint density at radius 2 is 1.57 bits per heavy atom. The van der Waals surface area contributed by atoms with E-state index in [1.165, 1.54) is 12.1 Å². The van der Waals surface area contributed by atoms with Crippen molar-refractivity contribution in [2.75, 3.05) is 5.32 Å². The number of benzene rings is 1. The second-order valence-corrected chi connectivity index (χ2v) is 5.19. The third-order valence-electron chi connectivity index (χ3n) is 2.45. The Morgan fingerprint density at radius 1 is 1.00 bits per heavy atom. The minimum Gasteiger partial charge on any atom is -0.505 e. The van der Waals surface area contributed by atoms with E-state index in [1.807, 2.05) is 0 Å². The zero-order valence-electron chi connectivity index (χ0n) is 9.97. The van der Waals surface area contributed by atoms with Crippen LogP contribution in [0.25, 0.3) is 0 Å². The number of nitrogens with zero attached hydrogens (tertiary/aromatic N) is 1. The van der Waals surface area contributed by atoms with Crippen LogP contribution in [0.15, 0.2) is 24.4 Å². The van der Waals surface area contributed by atoms with E-state index < -0.39 is 11.7 Å². The molecule has 3 nitrogen and oxygen atoms in total. The third kappa shape index (κ3) is 3.64. The molecule has 1 aromatic heterocycles. The molecular weight excluding hydrogens is 351 g/mol. The van der Waals surface area contributed by atoms with E-state index in [1.54, 1.807) is 0 Å². The Labute approximate surface area is 132 Å². The van der Waals surface area contributed by atoms with Gasteiger partial charge in [0.15, 0.2) is 5.75 Å². The third-order valence-corrected chi connectivity index (χ3v) is 3.31. The number of halogens is 6. The Morgan fingerprint density at radius 3 is 2.05 bits per heavy atom. The standard InChI is InChI=1S/C12H6Cl3F3N2O/c13-7-2-6(3-8(14)10(7)21)20-11-9(15)1-5(4-19-11)12(16,17)18/h1-4,21H,(H,19,20). The first-order valence-corrected chi connectivity index (χ1v) is 6.49. The summed E-state index contributed by atoms with van der Waals surface area (Å²) >= 11 is 17.2. The molecule has 2 N–H and O–H groups in total. The molecule has 0 amide bonds. The van der Waals surface area contributed by atoms with Gasteiger partial charge in [-0.3, -0.25) is 0 Å². The van der Waals surface area contributed by atoms with Gasteiger partial charge in [0.25, 0.3) is 0 Å². The smallest absolute Gasteiger partial charge is 0.417 e. The number of anilines is 2. The zero-order valence-corrected chi connectivity index (χ0v) is 12.2. The van der Waals surface area contributed by atoms with Crippen molar-refractivity contribution in [3.8, 4) is 5.75 Å². The largest absolute Gasteiger partial charge is 0.505 e. The van der Waals surface area contributed by atoms with Gasteiger partial charge in [-0.25, -0.2) is 4.98 Å². The SMILES string of the molecule is Oc1c(Cl)cc(Nc2ncc(C(F)(F)F)cc2Cl)cc1Cl. The van der Waals surface area contributed by atoms with Gasteiger partial charge in [-0.2, -0.15) is 13.2 Å². The number of nitrogens with one attached hydrogen (secondary N) is 1. The minimum absolute atomic E-state index is 0.00231. The summed E-state index contributed by atoms with van der Waals surface area (Å²) in [6.45, 7) is 0. The summed E-state index contributed by atoms with van der Waals surface area (Å²) in [7, 11) is 0. The van der Waals surface area contributed by atoms with E-state index in [9.17, 15) is 18.3 Å². The monoisotopic (exact) mass is 356 g/mol. The van der Waals surface area contributed by atoms with Crippen molar-refractivity contribution in [2.45, 2.75) is 6.18 Å². The van der Waals surface area contributed by atoms with E-state index in [-0.39, 0.29) is 26.6 Å². The molecule has 0 saturated heterocycles. The topological polar surface area (TPSA) is 45.1 Å². The molecule has 0 bridgehead atoms. The van der Waals surface area contributed by atoms with Gasteiger partial charge in [-0.15, -0.1) is 0 Å². The number of aromatic nitrogens is 1. The van der Waals surface area contributed by atoms with Crippen molar-refractivity contribution in [3.63, 3.8) is 0 Å². The molecule has 1 heterocycles. The summed E-state index contributed by atoms with van der Waals surface area (Å²) in [4.78, 5) is 3.61. The van der Waals surface area contributed by atoms with Crippen LogP contribution in [-0.4, -0.2) is 10.1 Å². The molecule has 0 radical (unpaired) electrons. The molecule has 0 saturated carbocycles. The molecule has 21 heavy (non-hydrogen) atoms. The van der Waals surface area contributed by atoms with Crippen molar-refractivity contribution in [1.29, 1.82) is 0 Å². The lowest BCUT2D eigenvalue weighted by atomic mass is 10.2. The Hall–Kier alpha value is -1.37. The molecule has 0 aliphatic rings. The molecular formula is C12H6Cl3F3N2O. The van der Waals surface area contributed by atoms with Crippen molar-refractivity contribution in [3.05, 3.63) is 45.0 Å². The van der Waals surface area contributed by atoms with E-state index in [0.29, 0.717) is 11.9 Å². The van der Waals surface area contributed by atoms with Crippen LogP contribution in [0.2, 0.25) is 15.1 Å². The fourth-order valence-corrected chi connectivity index (χ4v) is 2.16. The molecule has 112 valence electrons. The highest BCUT2D eigenvalue weighted by Gasteiger charge is 2.31. The maximum Gasteiger partial charge on any atom is 0.417 e. The number of hydrogen-bond donors (Lipinski definition) is 2. The highest BCUT2D eigenvalue weighted by molar-refractivity contribution is 6.37. The molecule has 0 fully saturated rings. The Kier molecular flexibility index (Phi) is 4.41. The van der Waals surface area contributed by atoms with Crippen LogP contribution in [0.1, 0.15) is 5.56 Å². The average molecular weight is 358 g/mol. The number of phenols is 1. The summed E-state index contributed by atoms with van der Waals surface area (Å²) in [5.41, 5.74) is -0.642. The highest BCUT2D eigenvalue weighted by Crippen LogP contribution is 2.37. The van der Waals surface area contributed by atoms with Crippen LogP contribution in [-0.2, 0) is 6.18 Å². The number of aromatic hydroxyl groups is 1. The van der Waals surface area contributed by atoms with Crippen molar-refractivity contribution in [2.24, 2.45) is 0 Å². The second-order valence-electron chi connectivity index (χ2n) is 3.97. The number of rotatable bonds is 2. The number of phenolic OH excluding ortho intramolecular Hbond substituents is 1. The molecule has 1 aromatic carbocycles. The van der Waals surface area contributed by atoms with Crippen molar-refractivity contribution in [1.82, 2.24) is 4.98 Å². The predicted octanol–water partition coefficient (Wildman–Crippen LogP) is 5.51. The number of alkyl halides is 3. The lowest BCUT2D eigenvalue weighted by Gasteiger charge is -2.11. The van der Waals surface area contributed by atoms with Gasteiger partial charge in [-0.1, -0.05) is 34.8 Å². The molecule has 2 rings (SSSR count). The number of hydrogen-bond acceptors (Lipinski definition) is 3. The highest BCUT2D eigenvalue weighted by atomic mass is 35.5. The number of pyridine rings is 1. The summed E-state index contributed by atoms with van der Waals surface area (Å²) in [6, 6.07) is 3.41. The predicted molar refractivity (Wildman–Crippen MR) is 75.7 cm³/mol. The first-order valence-electron chi connectivity index (χ1n) is 5.36. The summed E-state index contributed by atoms with van der Waals surface area (Å²) in [5.74, 6) is -0.294. The fraction of sp³-hybridized carbons (Fsp3) is 0.0833. The van der Waals surface area contributed by atoms with E-state index in [2.05, 4.69) is 10.3 Å². The minimum atomic E-state index is -4.53. The molecule has 2 aromatic rings. The van der Waals surface area contributed by atoms with E-state index in [4.69, 9.17) is 34.8 Å². The molecule has 0 aliphatic carbocycles. The fourth-order valence-electron chi connectivity index (χ4n) is 1.46. The summed E-state index contributed by atoms with van der Waals surface area (Å²) in [5, 5.41) is 11.8. The van der Waals surface area contributed by atoms with E-state index >= 15 is 0 Å². The van der Waals surface area contributed by atoms with Gasteiger partial charge in [0.1, 0.15) is 5.82 Å². The van der Waals surface area contributed by atoms with Gasteiger partial charge < -0.3 is 10.4 Å². The maximum absolute atomic E-state index is 12.5. The molecule has 0 aliphatic heterocycles. The van der Waals surface area contributed by atoms with Crippen molar-refractivity contribution < 1.29 is 18.3 Å². The van der Waals surface area contributed by atoms with Gasteiger partial charge in [-0.05, 0) is 18.2 Å².